The maximum absolute atomic E-state index is 6.11. The third-order valence-corrected chi connectivity index (χ3v) is 2.64. The van der Waals surface area contributed by atoms with E-state index in [-0.39, 0.29) is 0 Å². The quantitative estimate of drug-likeness (QED) is 0.652. The molecular weight excluding hydrogens is 198 g/mol. The molecule has 3 nitrogen and oxygen atoms in total. The molecule has 0 aromatic heterocycles. The highest BCUT2D eigenvalue weighted by Gasteiger charge is 2.11. The lowest BCUT2D eigenvalue weighted by molar-refractivity contribution is 0.205. The topological polar surface area (TPSA) is 32.5 Å². The monoisotopic (exact) mass is 229 g/mol. The summed E-state index contributed by atoms with van der Waals surface area (Å²) in [7, 11) is 4.25. The van der Waals surface area contributed by atoms with Crippen LogP contribution in [-0.4, -0.2) is 56.1 Å². The zero-order valence-electron chi connectivity index (χ0n) is 11.9. The first kappa shape index (κ1) is 15.9. The van der Waals surface area contributed by atoms with Gasteiger partial charge in [0.05, 0.1) is 0 Å². The summed E-state index contributed by atoms with van der Waals surface area (Å²) in [6.45, 7) is 11.2. The van der Waals surface area contributed by atoms with Crippen molar-refractivity contribution in [1.29, 1.82) is 0 Å². The maximum Gasteiger partial charge on any atom is 0.0167 e. The van der Waals surface area contributed by atoms with Crippen LogP contribution in [0.1, 0.15) is 33.6 Å². The normalized spacial score (nSPS) is 14.1. The molecule has 0 amide bonds. The average molecular weight is 229 g/mol. The second-order valence-electron chi connectivity index (χ2n) is 5.51. The summed E-state index contributed by atoms with van der Waals surface area (Å²) in [5, 5.41) is 0. The molecule has 1 atom stereocenters. The minimum absolute atomic E-state index is 0.339. The Bertz CT molecular complexity index is 157. The van der Waals surface area contributed by atoms with Crippen molar-refractivity contribution in [3.05, 3.63) is 0 Å². The van der Waals surface area contributed by atoms with Crippen LogP contribution in [0.2, 0.25) is 0 Å². The van der Waals surface area contributed by atoms with E-state index in [9.17, 15) is 0 Å². The van der Waals surface area contributed by atoms with Crippen molar-refractivity contribution in [2.75, 3.05) is 40.3 Å². The van der Waals surface area contributed by atoms with Crippen LogP contribution in [0.3, 0.4) is 0 Å². The van der Waals surface area contributed by atoms with Crippen LogP contribution < -0.4 is 5.73 Å². The van der Waals surface area contributed by atoms with Gasteiger partial charge in [-0.15, -0.1) is 0 Å². The minimum atomic E-state index is 0.339. The molecule has 16 heavy (non-hydrogen) atoms. The molecule has 0 aliphatic heterocycles. The molecule has 1 unspecified atom stereocenters. The Labute approximate surface area is 102 Å². The first-order chi connectivity index (χ1) is 7.45. The highest BCUT2D eigenvalue weighted by molar-refractivity contribution is 4.70. The fourth-order valence-corrected chi connectivity index (χ4v) is 1.91. The Balaban J connectivity index is 3.98. The average Bonchev–Trinajstić information content (AvgIpc) is 2.13. The Morgan fingerprint density at radius 2 is 1.69 bits per heavy atom. The summed E-state index contributed by atoms with van der Waals surface area (Å²) in [6, 6.07) is 0.339. The van der Waals surface area contributed by atoms with Gasteiger partial charge in [0, 0.05) is 32.2 Å². The van der Waals surface area contributed by atoms with E-state index in [1.165, 1.54) is 6.42 Å². The van der Waals surface area contributed by atoms with Crippen molar-refractivity contribution < 1.29 is 0 Å². The predicted octanol–water partition coefficient (Wildman–Crippen LogP) is 1.63. The van der Waals surface area contributed by atoms with Gasteiger partial charge in [0.2, 0.25) is 0 Å². The van der Waals surface area contributed by atoms with Gasteiger partial charge in [-0.05, 0) is 26.4 Å². The van der Waals surface area contributed by atoms with E-state index in [2.05, 4.69) is 44.7 Å². The van der Waals surface area contributed by atoms with Crippen LogP contribution >= 0.6 is 0 Å². The first-order valence-electron chi connectivity index (χ1n) is 6.58. The molecule has 0 aliphatic rings. The van der Waals surface area contributed by atoms with Gasteiger partial charge in [0.25, 0.3) is 0 Å². The molecule has 2 N–H and O–H groups in total. The number of rotatable bonds is 9. The molecule has 0 heterocycles. The Hall–Kier alpha value is -0.120. The van der Waals surface area contributed by atoms with Crippen LogP contribution in [0.25, 0.3) is 0 Å². The van der Waals surface area contributed by atoms with E-state index in [0.717, 1.165) is 38.5 Å². The van der Waals surface area contributed by atoms with E-state index in [4.69, 9.17) is 5.73 Å². The van der Waals surface area contributed by atoms with Crippen molar-refractivity contribution >= 4 is 0 Å². The van der Waals surface area contributed by atoms with Gasteiger partial charge in [-0.1, -0.05) is 27.2 Å². The van der Waals surface area contributed by atoms with Gasteiger partial charge in [-0.25, -0.2) is 0 Å². The Morgan fingerprint density at radius 1 is 1.06 bits per heavy atom. The van der Waals surface area contributed by atoms with Crippen LogP contribution in [0.5, 0.6) is 0 Å². The fraction of sp³-hybridized carbons (Fsp3) is 1.00. The molecule has 0 saturated carbocycles. The standard InChI is InChI=1S/C13H31N3/c1-6-7-13(14)11-16(10-12(2)3)9-8-15(4)5/h12-13H,6-11,14H2,1-5H3. The van der Waals surface area contributed by atoms with Crippen LogP contribution in [0.4, 0.5) is 0 Å². The molecule has 0 fully saturated rings. The lowest BCUT2D eigenvalue weighted by Gasteiger charge is -2.28. The third-order valence-electron chi connectivity index (χ3n) is 2.64. The number of nitrogens with zero attached hydrogens (tertiary/aromatic N) is 2. The highest BCUT2D eigenvalue weighted by Crippen LogP contribution is 2.02. The van der Waals surface area contributed by atoms with E-state index in [1.54, 1.807) is 0 Å². The summed E-state index contributed by atoms with van der Waals surface area (Å²) < 4.78 is 0. The first-order valence-corrected chi connectivity index (χ1v) is 6.58. The molecule has 0 rings (SSSR count). The lowest BCUT2D eigenvalue weighted by atomic mass is 10.1. The van der Waals surface area contributed by atoms with Gasteiger partial charge in [0.15, 0.2) is 0 Å². The van der Waals surface area contributed by atoms with Crippen molar-refractivity contribution in [3.8, 4) is 0 Å². The summed E-state index contributed by atoms with van der Waals surface area (Å²) in [5.41, 5.74) is 6.11. The molecule has 0 spiro atoms. The molecule has 0 bridgehead atoms. The van der Waals surface area contributed by atoms with Crippen molar-refractivity contribution in [2.24, 2.45) is 11.7 Å². The second kappa shape index (κ2) is 8.97. The van der Waals surface area contributed by atoms with E-state index in [0.29, 0.717) is 6.04 Å². The highest BCUT2D eigenvalue weighted by atomic mass is 15.2. The van der Waals surface area contributed by atoms with E-state index < -0.39 is 0 Å². The fourth-order valence-electron chi connectivity index (χ4n) is 1.91. The maximum atomic E-state index is 6.11. The molecular formula is C13H31N3. The van der Waals surface area contributed by atoms with Crippen molar-refractivity contribution in [2.45, 2.75) is 39.7 Å². The van der Waals surface area contributed by atoms with E-state index >= 15 is 0 Å². The predicted molar refractivity (Wildman–Crippen MR) is 72.7 cm³/mol. The SMILES string of the molecule is CCCC(N)CN(CCN(C)C)CC(C)C. The zero-order chi connectivity index (χ0) is 12.6. The largest absolute Gasteiger partial charge is 0.327 e. The Morgan fingerprint density at radius 3 is 2.12 bits per heavy atom. The van der Waals surface area contributed by atoms with Crippen LogP contribution in [-0.2, 0) is 0 Å². The Kier molecular flexibility index (Phi) is 8.90. The zero-order valence-corrected chi connectivity index (χ0v) is 11.9. The third kappa shape index (κ3) is 9.13. The summed E-state index contributed by atoms with van der Waals surface area (Å²) in [5.74, 6) is 0.719. The number of nitrogens with two attached hydrogens (primary N) is 1. The molecule has 3 heteroatoms. The summed E-state index contributed by atoms with van der Waals surface area (Å²) >= 11 is 0. The van der Waals surface area contributed by atoms with Crippen molar-refractivity contribution in [3.63, 3.8) is 0 Å². The molecule has 0 aromatic carbocycles. The summed E-state index contributed by atoms with van der Waals surface area (Å²) in [6.07, 6.45) is 2.32. The number of hydrogen-bond acceptors (Lipinski definition) is 3. The molecule has 0 aromatic rings. The van der Waals surface area contributed by atoms with Gasteiger partial charge < -0.3 is 15.5 Å². The minimum Gasteiger partial charge on any atom is -0.327 e. The number of hydrogen-bond donors (Lipinski definition) is 1. The van der Waals surface area contributed by atoms with Crippen LogP contribution in [0.15, 0.2) is 0 Å². The lowest BCUT2D eigenvalue weighted by Crippen LogP contribution is -2.42. The van der Waals surface area contributed by atoms with E-state index in [1.807, 2.05) is 0 Å². The van der Waals surface area contributed by atoms with Gasteiger partial charge >= 0.3 is 0 Å². The second-order valence-corrected chi connectivity index (χ2v) is 5.51. The van der Waals surface area contributed by atoms with Gasteiger partial charge in [0.1, 0.15) is 0 Å². The van der Waals surface area contributed by atoms with Crippen LogP contribution in [0, 0.1) is 5.92 Å². The van der Waals surface area contributed by atoms with Gasteiger partial charge in [-0.2, -0.15) is 0 Å². The molecule has 98 valence electrons. The van der Waals surface area contributed by atoms with Gasteiger partial charge in [-0.3, -0.25) is 0 Å². The molecule has 0 radical (unpaired) electrons. The summed E-state index contributed by atoms with van der Waals surface area (Å²) in [4.78, 5) is 4.74. The number of likely N-dealkylation sites (N-methyl/N-ethyl adjacent to an activating group) is 1. The van der Waals surface area contributed by atoms with Crippen molar-refractivity contribution in [1.82, 2.24) is 9.80 Å². The smallest absolute Gasteiger partial charge is 0.0167 e. The molecule has 0 saturated heterocycles. The molecule has 0 aliphatic carbocycles.